The fraction of sp³-hybridized carbons (Fsp3) is 0.294. The van der Waals surface area contributed by atoms with Crippen molar-refractivity contribution in [2.75, 3.05) is 13.2 Å². The monoisotopic (exact) mass is 295 g/mol. The van der Waals surface area contributed by atoms with E-state index in [4.69, 9.17) is 14.5 Å². The molecule has 2 aromatic heterocycles. The van der Waals surface area contributed by atoms with Gasteiger partial charge in [0.1, 0.15) is 13.2 Å². The minimum absolute atomic E-state index is 0.585. The number of nitrogens with zero attached hydrogens (tertiary/aromatic N) is 3. The van der Waals surface area contributed by atoms with Crippen LogP contribution in [0.1, 0.15) is 11.3 Å². The Kier molecular flexibility index (Phi) is 2.82. The van der Waals surface area contributed by atoms with Gasteiger partial charge < -0.3 is 9.47 Å². The van der Waals surface area contributed by atoms with Crippen molar-refractivity contribution < 1.29 is 9.47 Å². The lowest BCUT2D eigenvalue weighted by Gasteiger charge is -2.18. The second kappa shape index (κ2) is 4.73. The van der Waals surface area contributed by atoms with E-state index >= 15 is 0 Å². The summed E-state index contributed by atoms with van der Waals surface area (Å²) in [5.41, 5.74) is 5.01. The van der Waals surface area contributed by atoms with Crippen LogP contribution in [-0.2, 0) is 7.05 Å². The third kappa shape index (κ3) is 1.93. The zero-order chi connectivity index (χ0) is 15.3. The second-order valence-corrected chi connectivity index (χ2v) is 5.59. The lowest BCUT2D eigenvalue weighted by Crippen LogP contribution is -2.15. The number of fused-ring (bicyclic) bond motifs is 2. The van der Waals surface area contributed by atoms with Gasteiger partial charge in [0.15, 0.2) is 17.1 Å². The van der Waals surface area contributed by atoms with Crippen LogP contribution in [0.2, 0.25) is 0 Å². The Hall–Kier alpha value is -2.56. The van der Waals surface area contributed by atoms with Crippen LogP contribution in [0.5, 0.6) is 11.5 Å². The van der Waals surface area contributed by atoms with Crippen LogP contribution in [0.25, 0.3) is 22.3 Å². The number of rotatable bonds is 1. The molecule has 0 N–H and O–H groups in total. The van der Waals surface area contributed by atoms with E-state index < -0.39 is 0 Å². The molecule has 3 heterocycles. The molecule has 0 saturated carbocycles. The van der Waals surface area contributed by atoms with E-state index in [0.717, 1.165) is 39.5 Å². The molecular weight excluding hydrogens is 278 g/mol. The van der Waals surface area contributed by atoms with Crippen molar-refractivity contribution >= 4 is 11.0 Å². The number of aryl methyl sites for hydroxylation is 3. The summed E-state index contributed by atoms with van der Waals surface area (Å²) in [7, 11) is 1.94. The molecule has 0 unspecified atom stereocenters. The lowest BCUT2D eigenvalue weighted by atomic mass is 10.1. The maximum atomic E-state index is 5.65. The van der Waals surface area contributed by atoms with E-state index in [9.17, 15) is 0 Å². The Bertz CT molecular complexity index is 883. The Balaban J connectivity index is 1.87. The Morgan fingerprint density at radius 1 is 1.05 bits per heavy atom. The highest BCUT2D eigenvalue weighted by Crippen LogP contribution is 2.35. The molecule has 3 aromatic rings. The normalized spacial score (nSPS) is 13.6. The number of aromatic nitrogens is 3. The Morgan fingerprint density at radius 3 is 2.64 bits per heavy atom. The van der Waals surface area contributed by atoms with Gasteiger partial charge in [-0.25, -0.2) is 4.98 Å². The number of hydrogen-bond donors (Lipinski definition) is 0. The number of pyridine rings is 1. The molecular formula is C17H17N3O2. The van der Waals surface area contributed by atoms with Gasteiger partial charge in [0, 0.05) is 23.7 Å². The lowest BCUT2D eigenvalue weighted by molar-refractivity contribution is 0.171. The summed E-state index contributed by atoms with van der Waals surface area (Å²) in [5.74, 6) is 1.57. The van der Waals surface area contributed by atoms with Gasteiger partial charge in [-0.3, -0.25) is 4.68 Å². The Labute approximate surface area is 128 Å². The molecule has 0 bridgehead atoms. The zero-order valence-electron chi connectivity index (χ0n) is 12.9. The van der Waals surface area contributed by atoms with Crippen LogP contribution in [0.3, 0.4) is 0 Å². The van der Waals surface area contributed by atoms with E-state index in [1.54, 1.807) is 0 Å². The van der Waals surface area contributed by atoms with Crippen LogP contribution in [-0.4, -0.2) is 28.0 Å². The minimum atomic E-state index is 0.585. The summed E-state index contributed by atoms with van der Waals surface area (Å²) in [5, 5.41) is 5.63. The highest BCUT2D eigenvalue weighted by atomic mass is 16.6. The summed E-state index contributed by atoms with van der Waals surface area (Å²) < 4.78 is 13.1. The first-order valence-electron chi connectivity index (χ1n) is 7.34. The largest absolute Gasteiger partial charge is 0.486 e. The van der Waals surface area contributed by atoms with E-state index in [0.29, 0.717) is 13.2 Å². The van der Waals surface area contributed by atoms with Crippen molar-refractivity contribution in [1.29, 1.82) is 0 Å². The average Bonchev–Trinajstić information content (AvgIpc) is 2.82. The van der Waals surface area contributed by atoms with Gasteiger partial charge >= 0.3 is 0 Å². The first-order chi connectivity index (χ1) is 10.6. The molecule has 22 heavy (non-hydrogen) atoms. The zero-order valence-corrected chi connectivity index (χ0v) is 12.9. The van der Waals surface area contributed by atoms with Gasteiger partial charge in [-0.15, -0.1) is 0 Å². The molecule has 4 rings (SSSR count). The van der Waals surface area contributed by atoms with Crippen molar-refractivity contribution in [3.05, 3.63) is 35.5 Å². The minimum Gasteiger partial charge on any atom is -0.486 e. The molecule has 0 fully saturated rings. The molecule has 1 aliphatic heterocycles. The van der Waals surface area contributed by atoms with Gasteiger partial charge in [0.2, 0.25) is 0 Å². The summed E-state index contributed by atoms with van der Waals surface area (Å²) in [4.78, 5) is 4.71. The fourth-order valence-corrected chi connectivity index (χ4v) is 2.90. The van der Waals surface area contributed by atoms with Crippen LogP contribution in [0.4, 0.5) is 0 Å². The number of benzene rings is 1. The van der Waals surface area contributed by atoms with Crippen molar-refractivity contribution in [2.24, 2.45) is 7.05 Å². The molecule has 5 heteroatoms. The van der Waals surface area contributed by atoms with Crippen LogP contribution < -0.4 is 9.47 Å². The van der Waals surface area contributed by atoms with Gasteiger partial charge in [0.05, 0.1) is 5.69 Å². The predicted molar refractivity (Wildman–Crippen MR) is 84.4 cm³/mol. The molecule has 0 atom stereocenters. The van der Waals surface area contributed by atoms with Gasteiger partial charge in [-0.1, -0.05) is 0 Å². The van der Waals surface area contributed by atoms with Crippen LogP contribution in [0.15, 0.2) is 24.3 Å². The molecule has 0 radical (unpaired) electrons. The molecule has 5 nitrogen and oxygen atoms in total. The molecule has 0 aliphatic carbocycles. The Morgan fingerprint density at radius 2 is 1.82 bits per heavy atom. The quantitative estimate of drug-likeness (QED) is 0.692. The van der Waals surface area contributed by atoms with E-state index in [1.165, 1.54) is 5.56 Å². The molecule has 0 spiro atoms. The van der Waals surface area contributed by atoms with E-state index in [1.807, 2.05) is 29.9 Å². The van der Waals surface area contributed by atoms with Crippen LogP contribution in [0, 0.1) is 13.8 Å². The van der Waals surface area contributed by atoms with Gasteiger partial charge in [-0.2, -0.15) is 5.10 Å². The van der Waals surface area contributed by atoms with Crippen molar-refractivity contribution in [2.45, 2.75) is 13.8 Å². The first kappa shape index (κ1) is 13.1. The molecule has 0 saturated heterocycles. The standard InChI is InChI=1S/C17H17N3O2/c1-10-8-13(18-17-16(10)11(2)20(3)19-17)12-4-5-14-15(9-12)22-7-6-21-14/h4-5,8-9H,6-7H2,1-3H3. The van der Waals surface area contributed by atoms with Crippen LogP contribution >= 0.6 is 0 Å². The van der Waals surface area contributed by atoms with E-state index in [-0.39, 0.29) is 0 Å². The highest BCUT2D eigenvalue weighted by molar-refractivity contribution is 5.84. The van der Waals surface area contributed by atoms with Gasteiger partial charge in [-0.05, 0) is 43.7 Å². The second-order valence-electron chi connectivity index (χ2n) is 5.59. The van der Waals surface area contributed by atoms with E-state index in [2.05, 4.69) is 25.0 Å². The number of ether oxygens (including phenoxy) is 2. The number of hydrogen-bond acceptors (Lipinski definition) is 4. The molecule has 112 valence electrons. The third-order valence-corrected chi connectivity index (χ3v) is 4.13. The molecule has 0 amide bonds. The summed E-state index contributed by atoms with van der Waals surface area (Å²) in [6.45, 7) is 5.35. The van der Waals surface area contributed by atoms with Crippen molar-refractivity contribution in [3.8, 4) is 22.8 Å². The van der Waals surface area contributed by atoms with Gasteiger partial charge in [0.25, 0.3) is 0 Å². The molecule has 1 aromatic carbocycles. The highest BCUT2D eigenvalue weighted by Gasteiger charge is 2.15. The first-order valence-corrected chi connectivity index (χ1v) is 7.34. The third-order valence-electron chi connectivity index (χ3n) is 4.13. The summed E-state index contributed by atoms with van der Waals surface area (Å²) >= 11 is 0. The fourth-order valence-electron chi connectivity index (χ4n) is 2.90. The maximum Gasteiger partial charge on any atom is 0.182 e. The predicted octanol–water partition coefficient (Wildman–Crippen LogP) is 3.02. The van der Waals surface area contributed by atoms with Crippen molar-refractivity contribution in [1.82, 2.24) is 14.8 Å². The summed E-state index contributed by atoms with van der Waals surface area (Å²) in [6.07, 6.45) is 0. The molecule has 1 aliphatic rings. The topological polar surface area (TPSA) is 49.2 Å². The summed E-state index contributed by atoms with van der Waals surface area (Å²) in [6, 6.07) is 8.03. The average molecular weight is 295 g/mol. The smallest absolute Gasteiger partial charge is 0.182 e. The van der Waals surface area contributed by atoms with Crippen molar-refractivity contribution in [3.63, 3.8) is 0 Å². The maximum absolute atomic E-state index is 5.65. The SMILES string of the molecule is Cc1cc(-c2ccc3c(c2)OCCO3)nc2nn(C)c(C)c12.